The van der Waals surface area contributed by atoms with E-state index in [1.807, 2.05) is 0 Å². The minimum atomic E-state index is -0.718. The molecule has 0 unspecified atom stereocenters. The molecular formula is C94H168N10O8. The van der Waals surface area contributed by atoms with E-state index in [-0.39, 0.29) is 72.9 Å². The lowest BCUT2D eigenvalue weighted by atomic mass is 10.1. The molecule has 0 saturated carbocycles. The molecule has 2 rings (SSSR count). The summed E-state index contributed by atoms with van der Waals surface area (Å²) in [4.78, 5) is 114. The number of carbonyl (C=O) groups excluding carboxylic acids is 8. The van der Waals surface area contributed by atoms with E-state index >= 15 is 0 Å². The molecule has 0 saturated heterocycles. The fraction of sp³-hybridized carbons (Fsp3) is 0.809. The van der Waals surface area contributed by atoms with Crippen LogP contribution in [0.4, 0.5) is 0 Å². The molecule has 0 aliphatic heterocycles. The van der Waals surface area contributed by atoms with Gasteiger partial charge in [-0.15, -0.1) is 0 Å². The largest absolute Gasteiger partial charge is 0.356 e. The van der Waals surface area contributed by atoms with Crippen molar-refractivity contribution in [2.24, 2.45) is 0 Å². The summed E-state index contributed by atoms with van der Waals surface area (Å²) in [5, 5.41) is 24.2. The van der Waals surface area contributed by atoms with Gasteiger partial charge in [-0.25, -0.2) is 0 Å². The molecule has 0 radical (unpaired) electrons. The average molecular weight is 1570 g/mol. The number of amides is 8. The van der Waals surface area contributed by atoms with Gasteiger partial charge in [-0.2, -0.15) is 0 Å². The standard InChI is InChI=1S/C94H168N10O8/c1-5-9-13-17-21-25-33-41-49-57-73-95-87(105)71-69-85(93(111)99-77-61-53-45-35-27-23-19-15-11-7-3)103-89(107)63-55-47-39-31-29-37-43-51-59-75-97-91(109)81-65-67-83(101-79-81)84-68-66-82(80-102-84)92(110)98-76-60-52-44-38-30-32-40-48-56-64-90(108)104-86(94(112)100-78-62-54-46-36-28-24-20-16-12-8-4)70-72-88(106)96-74-58-50-42-34-26-22-18-14-10-6-2/h65-68,79-80,85-86H,5-64,69-78H2,1-4H3,(H,95,105)(H,96,106)(H,97,109)(H,98,110)(H,99,111)(H,100,112)(H,103,107)(H,104,108)/t85-,86-/m0/s1. The van der Waals surface area contributed by atoms with Crippen LogP contribution >= 0.6 is 0 Å². The van der Waals surface area contributed by atoms with Gasteiger partial charge in [-0.1, -0.05) is 349 Å². The minimum Gasteiger partial charge on any atom is -0.356 e. The van der Waals surface area contributed by atoms with Gasteiger partial charge < -0.3 is 42.5 Å². The fourth-order valence-electron chi connectivity index (χ4n) is 14.6. The van der Waals surface area contributed by atoms with E-state index in [1.165, 1.54) is 205 Å². The van der Waals surface area contributed by atoms with E-state index in [4.69, 9.17) is 0 Å². The first-order chi connectivity index (χ1) is 54.9. The Morgan fingerprint density at radius 2 is 0.455 bits per heavy atom. The Morgan fingerprint density at radius 3 is 0.688 bits per heavy atom. The number of carbonyl (C=O) groups is 8. The maximum atomic E-state index is 13.4. The van der Waals surface area contributed by atoms with Crippen molar-refractivity contribution in [1.29, 1.82) is 0 Å². The summed E-state index contributed by atoms with van der Waals surface area (Å²) < 4.78 is 0. The molecule has 112 heavy (non-hydrogen) atoms. The molecule has 0 bridgehead atoms. The number of nitrogens with zero attached hydrogens (tertiary/aromatic N) is 2. The van der Waals surface area contributed by atoms with Crippen molar-refractivity contribution >= 4 is 47.3 Å². The Kier molecular flexibility index (Phi) is 69.6. The fourth-order valence-corrected chi connectivity index (χ4v) is 14.6. The minimum absolute atomic E-state index is 0.0627. The molecule has 0 fully saturated rings. The molecule has 2 heterocycles. The second kappa shape index (κ2) is 76.4. The lowest BCUT2D eigenvalue weighted by molar-refractivity contribution is -0.130. The van der Waals surface area contributed by atoms with Gasteiger partial charge in [-0.3, -0.25) is 48.3 Å². The monoisotopic (exact) mass is 1570 g/mol. The highest BCUT2D eigenvalue weighted by atomic mass is 16.2. The van der Waals surface area contributed by atoms with Crippen molar-refractivity contribution in [3.05, 3.63) is 47.8 Å². The zero-order valence-corrected chi connectivity index (χ0v) is 72.3. The maximum absolute atomic E-state index is 13.4. The normalized spacial score (nSPS) is 11.8. The van der Waals surface area contributed by atoms with Crippen molar-refractivity contribution < 1.29 is 38.4 Å². The summed E-state index contributed by atoms with van der Waals surface area (Å²) in [5.41, 5.74) is 2.19. The molecule has 2 aromatic heterocycles. The van der Waals surface area contributed by atoms with Gasteiger partial charge in [-0.05, 0) is 88.5 Å². The number of aromatic nitrogens is 2. The predicted octanol–water partition coefficient (Wildman–Crippen LogP) is 22.1. The van der Waals surface area contributed by atoms with Crippen LogP contribution in [0.3, 0.4) is 0 Å². The van der Waals surface area contributed by atoms with Gasteiger partial charge >= 0.3 is 0 Å². The molecule has 642 valence electrons. The van der Waals surface area contributed by atoms with Gasteiger partial charge in [0.1, 0.15) is 12.1 Å². The maximum Gasteiger partial charge on any atom is 0.252 e. The summed E-state index contributed by atoms with van der Waals surface area (Å²) in [6.45, 7) is 12.6. The summed E-state index contributed by atoms with van der Waals surface area (Å²) in [7, 11) is 0. The molecule has 0 aliphatic rings. The van der Waals surface area contributed by atoms with Gasteiger partial charge in [0.05, 0.1) is 22.5 Å². The highest BCUT2D eigenvalue weighted by Gasteiger charge is 2.24. The summed E-state index contributed by atoms with van der Waals surface area (Å²) in [6.07, 6.45) is 72.5. The molecule has 8 amide bonds. The van der Waals surface area contributed by atoms with Crippen molar-refractivity contribution in [3.8, 4) is 11.4 Å². The third-order valence-corrected chi connectivity index (χ3v) is 22.0. The van der Waals surface area contributed by atoms with Crippen molar-refractivity contribution in [2.75, 3.05) is 39.3 Å². The smallest absolute Gasteiger partial charge is 0.252 e. The molecule has 0 aliphatic carbocycles. The Bertz CT molecular complexity index is 2430. The van der Waals surface area contributed by atoms with Crippen LogP contribution in [-0.4, -0.2) is 109 Å². The number of hydrogen-bond acceptors (Lipinski definition) is 10. The van der Waals surface area contributed by atoms with Crippen molar-refractivity contribution in [3.63, 3.8) is 0 Å². The molecule has 18 nitrogen and oxygen atoms in total. The van der Waals surface area contributed by atoms with E-state index in [2.05, 4.69) is 80.2 Å². The molecule has 18 heteroatoms. The number of rotatable bonds is 81. The average Bonchev–Trinajstić information content (AvgIpc) is 0.821. The Morgan fingerprint density at radius 1 is 0.241 bits per heavy atom. The topological polar surface area (TPSA) is 259 Å². The highest BCUT2D eigenvalue weighted by Crippen LogP contribution is 2.20. The van der Waals surface area contributed by atoms with Crippen LogP contribution < -0.4 is 42.5 Å². The van der Waals surface area contributed by atoms with Crippen LogP contribution in [-0.2, 0) is 28.8 Å². The number of nitrogens with one attached hydrogen (secondary N) is 8. The molecule has 0 aromatic carbocycles. The number of pyridine rings is 2. The Labute approximate surface area is 683 Å². The Balaban J connectivity index is 1.59. The zero-order chi connectivity index (χ0) is 80.9. The van der Waals surface area contributed by atoms with Crippen LogP contribution in [0.15, 0.2) is 36.7 Å². The number of hydrogen-bond donors (Lipinski definition) is 8. The first-order valence-corrected chi connectivity index (χ1v) is 47.1. The van der Waals surface area contributed by atoms with Gasteiger partial charge in [0.15, 0.2) is 0 Å². The third kappa shape index (κ3) is 61.5. The summed E-state index contributed by atoms with van der Waals surface area (Å²) in [6, 6.07) is 5.62. The van der Waals surface area contributed by atoms with E-state index in [9.17, 15) is 38.4 Å². The lowest BCUT2D eigenvalue weighted by Gasteiger charge is -2.18. The second-order valence-electron chi connectivity index (χ2n) is 32.6. The molecule has 8 N–H and O–H groups in total. The van der Waals surface area contributed by atoms with Gasteiger partial charge in [0.25, 0.3) is 11.8 Å². The zero-order valence-electron chi connectivity index (χ0n) is 72.3. The van der Waals surface area contributed by atoms with Crippen molar-refractivity contribution in [1.82, 2.24) is 52.5 Å². The van der Waals surface area contributed by atoms with Crippen molar-refractivity contribution in [2.45, 2.75) is 451 Å². The lowest BCUT2D eigenvalue weighted by Crippen LogP contribution is -2.47. The summed E-state index contributed by atoms with van der Waals surface area (Å²) in [5.74, 6) is -1.10. The van der Waals surface area contributed by atoms with E-state index in [0.29, 0.717) is 74.6 Å². The second-order valence-corrected chi connectivity index (χ2v) is 32.6. The van der Waals surface area contributed by atoms with Gasteiger partial charge in [0, 0.05) is 77.3 Å². The highest BCUT2D eigenvalue weighted by molar-refractivity contribution is 5.95. The third-order valence-electron chi connectivity index (χ3n) is 22.0. The van der Waals surface area contributed by atoms with Crippen LogP contribution in [0, 0.1) is 0 Å². The van der Waals surface area contributed by atoms with E-state index in [1.54, 1.807) is 36.7 Å². The van der Waals surface area contributed by atoms with Crippen LogP contribution in [0.5, 0.6) is 0 Å². The van der Waals surface area contributed by atoms with E-state index in [0.717, 1.165) is 167 Å². The quantitative estimate of drug-likeness (QED) is 0.0291. The first kappa shape index (κ1) is 102. The molecule has 0 spiro atoms. The first-order valence-electron chi connectivity index (χ1n) is 47.1. The Hall–Kier alpha value is -5.94. The summed E-state index contributed by atoms with van der Waals surface area (Å²) >= 11 is 0. The molecular weight excluding hydrogens is 1400 g/mol. The SMILES string of the molecule is CCCCCCCCCCCCNC(=O)CC[C@H](NC(=O)CCCCCCCCCCCNC(=O)c1ccc(-c2ccc(C(=O)NCCCCCCCCCCCC(=O)N[C@@H](CCC(=O)NCCCCCCCCCCCC)C(=O)NCCCCCCCCCCCC)cn2)nc1)C(=O)NCCCCCCCCCCCC. The van der Waals surface area contributed by atoms with Crippen LogP contribution in [0.25, 0.3) is 11.4 Å². The van der Waals surface area contributed by atoms with Crippen LogP contribution in [0.2, 0.25) is 0 Å². The molecule has 2 aromatic rings. The van der Waals surface area contributed by atoms with Gasteiger partial charge in [0.2, 0.25) is 35.4 Å². The van der Waals surface area contributed by atoms with E-state index < -0.39 is 12.1 Å². The number of unbranched alkanes of at least 4 members (excludes halogenated alkanes) is 52. The predicted molar refractivity (Wildman–Crippen MR) is 466 cm³/mol. The van der Waals surface area contributed by atoms with Crippen LogP contribution in [0.1, 0.15) is 459 Å². The molecule has 2 atom stereocenters.